The molecule has 0 heterocycles. The molecule has 1 aliphatic carbocycles. The van der Waals surface area contributed by atoms with Crippen LogP contribution < -0.4 is 0 Å². The molecule has 0 amide bonds. The first-order chi connectivity index (χ1) is 6.59. The lowest BCUT2D eigenvalue weighted by molar-refractivity contribution is 0.451. The summed E-state index contributed by atoms with van der Waals surface area (Å²) in [6.07, 6.45) is 0. The summed E-state index contributed by atoms with van der Waals surface area (Å²) in [5, 5.41) is 0. The zero-order valence-electron chi connectivity index (χ0n) is 9.88. The number of hydrogen-bond donors (Lipinski definition) is 1. The average Bonchev–Trinajstić information content (AvgIpc) is 2.19. The second-order valence-electron chi connectivity index (χ2n) is 4.56. The van der Waals surface area contributed by atoms with E-state index in [1.54, 1.807) is 0 Å². The standard InChI is InChI=1S/C11H18O3S/c1-7-8(2)10(4)11(5,9(7)3)6-15(12,13)14/h6H2,1-5H3,(H,12,13,14). The zero-order chi connectivity index (χ0) is 12.0. The summed E-state index contributed by atoms with van der Waals surface area (Å²) in [6, 6.07) is 0. The lowest BCUT2D eigenvalue weighted by Gasteiger charge is -2.27. The quantitative estimate of drug-likeness (QED) is 0.742. The fourth-order valence-corrected chi connectivity index (χ4v) is 3.42. The summed E-state index contributed by atoms with van der Waals surface area (Å²) in [5.74, 6) is -0.230. The van der Waals surface area contributed by atoms with E-state index in [2.05, 4.69) is 0 Å². The Hall–Kier alpha value is -0.610. The Bertz CT molecular complexity index is 428. The molecule has 1 rings (SSSR count). The van der Waals surface area contributed by atoms with Crippen molar-refractivity contribution in [3.8, 4) is 0 Å². The van der Waals surface area contributed by atoms with Gasteiger partial charge in [0.05, 0.1) is 5.75 Å². The van der Waals surface area contributed by atoms with E-state index >= 15 is 0 Å². The van der Waals surface area contributed by atoms with Crippen LogP contribution in [0, 0.1) is 5.41 Å². The van der Waals surface area contributed by atoms with Gasteiger partial charge in [-0.2, -0.15) is 8.42 Å². The van der Waals surface area contributed by atoms with Gasteiger partial charge in [0.15, 0.2) is 0 Å². The molecule has 0 aromatic rings. The monoisotopic (exact) mass is 230 g/mol. The van der Waals surface area contributed by atoms with E-state index in [1.807, 2.05) is 34.6 Å². The fourth-order valence-electron chi connectivity index (χ4n) is 2.25. The zero-order valence-corrected chi connectivity index (χ0v) is 10.7. The molecule has 0 saturated heterocycles. The molecule has 4 heteroatoms. The van der Waals surface area contributed by atoms with Gasteiger partial charge in [-0.3, -0.25) is 4.55 Å². The molecular weight excluding hydrogens is 212 g/mol. The predicted octanol–water partition coefficient (Wildman–Crippen LogP) is 2.57. The molecule has 0 aromatic carbocycles. The van der Waals surface area contributed by atoms with E-state index in [-0.39, 0.29) is 5.75 Å². The van der Waals surface area contributed by atoms with Crippen molar-refractivity contribution >= 4 is 10.1 Å². The Labute approximate surface area is 91.6 Å². The maximum atomic E-state index is 11.0. The Morgan fingerprint density at radius 2 is 1.40 bits per heavy atom. The van der Waals surface area contributed by atoms with Crippen LogP contribution in [0.5, 0.6) is 0 Å². The topological polar surface area (TPSA) is 54.4 Å². The fraction of sp³-hybridized carbons (Fsp3) is 0.636. The first-order valence-electron chi connectivity index (χ1n) is 4.91. The van der Waals surface area contributed by atoms with Gasteiger partial charge >= 0.3 is 0 Å². The molecule has 0 saturated carbocycles. The second kappa shape index (κ2) is 3.46. The van der Waals surface area contributed by atoms with Gasteiger partial charge in [-0.25, -0.2) is 0 Å². The number of allylic oxidation sites excluding steroid dienone is 4. The van der Waals surface area contributed by atoms with Crippen LogP contribution in [0.2, 0.25) is 0 Å². The minimum absolute atomic E-state index is 0.230. The van der Waals surface area contributed by atoms with Crippen molar-refractivity contribution in [1.82, 2.24) is 0 Å². The maximum Gasteiger partial charge on any atom is 0.266 e. The van der Waals surface area contributed by atoms with Crippen LogP contribution in [0.25, 0.3) is 0 Å². The van der Waals surface area contributed by atoms with E-state index in [9.17, 15) is 8.42 Å². The minimum Gasteiger partial charge on any atom is -0.286 e. The third-order valence-electron chi connectivity index (χ3n) is 3.81. The summed E-state index contributed by atoms with van der Waals surface area (Å²) < 4.78 is 31.0. The van der Waals surface area contributed by atoms with Crippen LogP contribution >= 0.6 is 0 Å². The summed E-state index contributed by atoms with van der Waals surface area (Å²) in [7, 11) is -3.95. The predicted molar refractivity (Wildman–Crippen MR) is 61.3 cm³/mol. The number of hydrogen-bond acceptors (Lipinski definition) is 2. The average molecular weight is 230 g/mol. The van der Waals surface area contributed by atoms with Gasteiger partial charge in [0.2, 0.25) is 0 Å². The van der Waals surface area contributed by atoms with Gasteiger partial charge in [0, 0.05) is 5.41 Å². The van der Waals surface area contributed by atoms with Crippen LogP contribution in [0.4, 0.5) is 0 Å². The third kappa shape index (κ3) is 2.01. The summed E-state index contributed by atoms with van der Waals surface area (Å²) in [6.45, 7) is 9.71. The Morgan fingerprint density at radius 3 is 1.67 bits per heavy atom. The first-order valence-corrected chi connectivity index (χ1v) is 6.52. The highest BCUT2D eigenvalue weighted by atomic mass is 32.2. The van der Waals surface area contributed by atoms with Crippen LogP contribution in [0.3, 0.4) is 0 Å². The molecule has 0 radical (unpaired) electrons. The van der Waals surface area contributed by atoms with Gasteiger partial charge in [-0.15, -0.1) is 0 Å². The van der Waals surface area contributed by atoms with E-state index in [4.69, 9.17) is 4.55 Å². The number of rotatable bonds is 2. The molecule has 1 aliphatic rings. The molecule has 15 heavy (non-hydrogen) atoms. The maximum absolute atomic E-state index is 11.0. The Balaban J connectivity index is 3.28. The van der Waals surface area contributed by atoms with Gasteiger partial charge in [0.1, 0.15) is 0 Å². The van der Waals surface area contributed by atoms with Gasteiger partial charge < -0.3 is 0 Å². The molecule has 1 N–H and O–H groups in total. The highest BCUT2D eigenvalue weighted by Crippen LogP contribution is 2.46. The SMILES string of the molecule is CC1=C(C)C(C)(CS(=O)(=O)O)C(C)=C1C. The first kappa shape index (κ1) is 12.5. The third-order valence-corrected chi connectivity index (χ3v) is 4.76. The summed E-state index contributed by atoms with van der Waals surface area (Å²) in [4.78, 5) is 0. The summed E-state index contributed by atoms with van der Waals surface area (Å²) >= 11 is 0. The molecule has 0 spiro atoms. The minimum atomic E-state index is -3.95. The van der Waals surface area contributed by atoms with Crippen LogP contribution in [-0.2, 0) is 10.1 Å². The smallest absolute Gasteiger partial charge is 0.266 e. The van der Waals surface area contributed by atoms with Crippen molar-refractivity contribution in [2.24, 2.45) is 5.41 Å². The van der Waals surface area contributed by atoms with E-state index in [1.165, 1.54) is 0 Å². The van der Waals surface area contributed by atoms with Gasteiger partial charge in [-0.1, -0.05) is 18.1 Å². The van der Waals surface area contributed by atoms with E-state index < -0.39 is 15.5 Å². The van der Waals surface area contributed by atoms with Crippen molar-refractivity contribution < 1.29 is 13.0 Å². The molecule has 0 bridgehead atoms. The highest BCUT2D eigenvalue weighted by molar-refractivity contribution is 7.85. The molecule has 0 aromatic heterocycles. The van der Waals surface area contributed by atoms with E-state index in [0.29, 0.717) is 0 Å². The molecule has 0 atom stereocenters. The van der Waals surface area contributed by atoms with E-state index in [0.717, 1.165) is 22.3 Å². The molecule has 0 aliphatic heterocycles. The molecule has 86 valence electrons. The van der Waals surface area contributed by atoms with Crippen LogP contribution in [0.1, 0.15) is 34.6 Å². The van der Waals surface area contributed by atoms with Crippen LogP contribution in [0.15, 0.2) is 22.3 Å². The Kier molecular flexibility index (Phi) is 2.87. The molecule has 0 unspecified atom stereocenters. The largest absolute Gasteiger partial charge is 0.286 e. The molecular formula is C11H18O3S. The van der Waals surface area contributed by atoms with Crippen LogP contribution in [-0.4, -0.2) is 18.7 Å². The highest BCUT2D eigenvalue weighted by Gasteiger charge is 2.39. The lowest BCUT2D eigenvalue weighted by Crippen LogP contribution is -2.27. The molecule has 0 fully saturated rings. The van der Waals surface area contributed by atoms with Gasteiger partial charge in [0.25, 0.3) is 10.1 Å². The Morgan fingerprint density at radius 1 is 1.07 bits per heavy atom. The second-order valence-corrected chi connectivity index (χ2v) is 6.01. The van der Waals surface area contributed by atoms with Crippen molar-refractivity contribution in [3.05, 3.63) is 22.3 Å². The van der Waals surface area contributed by atoms with Crippen molar-refractivity contribution in [1.29, 1.82) is 0 Å². The van der Waals surface area contributed by atoms with Gasteiger partial charge in [-0.05, 0) is 38.8 Å². The molecule has 3 nitrogen and oxygen atoms in total. The van der Waals surface area contributed by atoms with Crippen molar-refractivity contribution in [2.75, 3.05) is 5.75 Å². The van der Waals surface area contributed by atoms with Crippen molar-refractivity contribution in [3.63, 3.8) is 0 Å². The normalized spacial score (nSPS) is 21.5. The summed E-state index contributed by atoms with van der Waals surface area (Å²) in [5.41, 5.74) is 3.81. The lowest BCUT2D eigenvalue weighted by atomic mass is 9.81. The van der Waals surface area contributed by atoms with Crippen molar-refractivity contribution in [2.45, 2.75) is 34.6 Å².